The second kappa shape index (κ2) is 6.08. The molecule has 4 heteroatoms. The second-order valence-corrected chi connectivity index (χ2v) is 4.86. The molecule has 0 aliphatic heterocycles. The van der Waals surface area contributed by atoms with Gasteiger partial charge in [-0.2, -0.15) is 0 Å². The standard InChI is InChI=1S/C11H23NO3/c1-9(11(2,3)4)10(15)12(5-7-13)6-8-14/h9,13-14H,5-8H2,1-4H3/t9-/m1/s1. The Morgan fingerprint density at radius 3 is 1.87 bits per heavy atom. The number of carbonyl (C=O) groups excluding carboxylic acids is 1. The van der Waals surface area contributed by atoms with Crippen LogP contribution in [0.5, 0.6) is 0 Å². The number of aliphatic hydroxyl groups excluding tert-OH is 2. The second-order valence-electron chi connectivity index (χ2n) is 4.86. The summed E-state index contributed by atoms with van der Waals surface area (Å²) in [5, 5.41) is 17.6. The first-order valence-electron chi connectivity index (χ1n) is 5.35. The van der Waals surface area contributed by atoms with Crippen LogP contribution in [0.3, 0.4) is 0 Å². The number of rotatable bonds is 5. The first-order chi connectivity index (χ1) is 6.84. The molecule has 1 atom stereocenters. The molecule has 4 nitrogen and oxygen atoms in total. The lowest BCUT2D eigenvalue weighted by Gasteiger charge is -2.31. The van der Waals surface area contributed by atoms with Crippen LogP contribution < -0.4 is 0 Å². The van der Waals surface area contributed by atoms with E-state index in [1.807, 2.05) is 27.7 Å². The fourth-order valence-corrected chi connectivity index (χ4v) is 1.22. The Balaban J connectivity index is 4.48. The molecule has 0 bridgehead atoms. The van der Waals surface area contributed by atoms with Crippen molar-refractivity contribution in [3.05, 3.63) is 0 Å². The summed E-state index contributed by atoms with van der Waals surface area (Å²) in [6, 6.07) is 0. The van der Waals surface area contributed by atoms with E-state index in [-0.39, 0.29) is 30.5 Å². The lowest BCUT2D eigenvalue weighted by atomic mass is 9.81. The van der Waals surface area contributed by atoms with E-state index >= 15 is 0 Å². The zero-order chi connectivity index (χ0) is 12.1. The summed E-state index contributed by atoms with van der Waals surface area (Å²) in [7, 11) is 0. The Hall–Kier alpha value is -0.610. The van der Waals surface area contributed by atoms with Gasteiger partial charge in [0.2, 0.25) is 5.91 Å². The highest BCUT2D eigenvalue weighted by atomic mass is 16.3. The summed E-state index contributed by atoms with van der Waals surface area (Å²) >= 11 is 0. The van der Waals surface area contributed by atoms with Gasteiger partial charge in [-0.25, -0.2) is 0 Å². The third-order valence-corrected chi connectivity index (χ3v) is 2.72. The molecule has 0 spiro atoms. The molecule has 0 fully saturated rings. The van der Waals surface area contributed by atoms with Crippen molar-refractivity contribution in [2.75, 3.05) is 26.3 Å². The number of amides is 1. The Bertz CT molecular complexity index is 192. The normalized spacial score (nSPS) is 13.7. The quantitative estimate of drug-likeness (QED) is 0.704. The molecule has 2 N–H and O–H groups in total. The summed E-state index contributed by atoms with van der Waals surface area (Å²) in [6.07, 6.45) is 0. The number of hydrogen-bond donors (Lipinski definition) is 2. The maximum atomic E-state index is 12.0. The lowest BCUT2D eigenvalue weighted by Crippen LogP contribution is -2.42. The van der Waals surface area contributed by atoms with Gasteiger partial charge < -0.3 is 15.1 Å². The topological polar surface area (TPSA) is 60.8 Å². The molecule has 0 aromatic rings. The van der Waals surface area contributed by atoms with Crippen LogP contribution >= 0.6 is 0 Å². The average Bonchev–Trinajstić information content (AvgIpc) is 2.14. The third kappa shape index (κ3) is 4.62. The van der Waals surface area contributed by atoms with Gasteiger partial charge in [-0.3, -0.25) is 4.79 Å². The van der Waals surface area contributed by atoms with E-state index in [4.69, 9.17) is 10.2 Å². The fraction of sp³-hybridized carbons (Fsp3) is 0.909. The molecular formula is C11H23NO3. The van der Waals surface area contributed by atoms with Gasteiger partial charge in [-0.15, -0.1) is 0 Å². The molecule has 0 saturated carbocycles. The summed E-state index contributed by atoms with van der Waals surface area (Å²) in [5.41, 5.74) is -0.0970. The van der Waals surface area contributed by atoms with Crippen molar-refractivity contribution in [1.82, 2.24) is 4.90 Å². The zero-order valence-corrected chi connectivity index (χ0v) is 10.2. The molecule has 0 aromatic heterocycles. The van der Waals surface area contributed by atoms with Gasteiger partial charge in [0.05, 0.1) is 13.2 Å². The molecule has 0 saturated heterocycles. The van der Waals surface area contributed by atoms with Crippen molar-refractivity contribution in [3.63, 3.8) is 0 Å². The van der Waals surface area contributed by atoms with E-state index < -0.39 is 0 Å². The van der Waals surface area contributed by atoms with Crippen LogP contribution in [0.2, 0.25) is 0 Å². The average molecular weight is 217 g/mol. The summed E-state index contributed by atoms with van der Waals surface area (Å²) in [6.45, 7) is 8.35. The van der Waals surface area contributed by atoms with Crippen LogP contribution in [0.1, 0.15) is 27.7 Å². The molecule has 0 radical (unpaired) electrons. The first-order valence-corrected chi connectivity index (χ1v) is 5.35. The largest absolute Gasteiger partial charge is 0.395 e. The van der Waals surface area contributed by atoms with E-state index in [1.54, 1.807) is 0 Å². The third-order valence-electron chi connectivity index (χ3n) is 2.72. The Kier molecular flexibility index (Phi) is 5.83. The van der Waals surface area contributed by atoms with Crippen molar-refractivity contribution < 1.29 is 15.0 Å². The van der Waals surface area contributed by atoms with Gasteiger partial charge in [0, 0.05) is 19.0 Å². The summed E-state index contributed by atoms with van der Waals surface area (Å²) in [5.74, 6) is -0.124. The van der Waals surface area contributed by atoms with Gasteiger partial charge in [0.15, 0.2) is 0 Å². The predicted molar refractivity (Wildman–Crippen MR) is 59.4 cm³/mol. The molecule has 15 heavy (non-hydrogen) atoms. The maximum absolute atomic E-state index is 12.0. The fourth-order valence-electron chi connectivity index (χ4n) is 1.22. The number of nitrogens with zero attached hydrogens (tertiary/aromatic N) is 1. The van der Waals surface area contributed by atoms with Gasteiger partial charge in [-0.1, -0.05) is 27.7 Å². The molecule has 0 unspecified atom stereocenters. The number of carbonyl (C=O) groups is 1. The summed E-state index contributed by atoms with van der Waals surface area (Å²) < 4.78 is 0. The predicted octanol–water partition coefficient (Wildman–Crippen LogP) is 0.482. The molecule has 0 rings (SSSR count). The lowest BCUT2D eigenvalue weighted by molar-refractivity contribution is -0.139. The molecular weight excluding hydrogens is 194 g/mol. The highest BCUT2D eigenvalue weighted by Crippen LogP contribution is 2.26. The van der Waals surface area contributed by atoms with Crippen LogP contribution in [0.25, 0.3) is 0 Å². The molecule has 0 aliphatic carbocycles. The first kappa shape index (κ1) is 14.4. The van der Waals surface area contributed by atoms with E-state index in [0.717, 1.165) is 0 Å². The van der Waals surface area contributed by atoms with Crippen LogP contribution in [0, 0.1) is 11.3 Å². The van der Waals surface area contributed by atoms with E-state index in [0.29, 0.717) is 13.1 Å². The van der Waals surface area contributed by atoms with Crippen molar-refractivity contribution in [1.29, 1.82) is 0 Å². The number of aliphatic hydroxyl groups is 2. The number of hydrogen-bond acceptors (Lipinski definition) is 3. The van der Waals surface area contributed by atoms with Crippen LogP contribution in [0.4, 0.5) is 0 Å². The van der Waals surface area contributed by atoms with Crippen molar-refractivity contribution in [2.45, 2.75) is 27.7 Å². The van der Waals surface area contributed by atoms with E-state index in [9.17, 15) is 4.79 Å². The Morgan fingerprint density at radius 2 is 1.60 bits per heavy atom. The highest BCUT2D eigenvalue weighted by molar-refractivity contribution is 5.79. The Labute approximate surface area is 91.9 Å². The van der Waals surface area contributed by atoms with Gasteiger partial charge in [-0.05, 0) is 5.41 Å². The maximum Gasteiger partial charge on any atom is 0.226 e. The molecule has 0 heterocycles. The minimum absolute atomic E-state index is 0.00870. The molecule has 0 aromatic carbocycles. The monoisotopic (exact) mass is 217 g/mol. The minimum Gasteiger partial charge on any atom is -0.395 e. The minimum atomic E-state index is -0.115. The molecule has 1 amide bonds. The highest BCUT2D eigenvalue weighted by Gasteiger charge is 2.29. The van der Waals surface area contributed by atoms with Crippen LogP contribution in [-0.2, 0) is 4.79 Å². The summed E-state index contributed by atoms with van der Waals surface area (Å²) in [4.78, 5) is 13.5. The molecule has 0 aliphatic rings. The van der Waals surface area contributed by atoms with Crippen LogP contribution in [0.15, 0.2) is 0 Å². The van der Waals surface area contributed by atoms with E-state index in [1.165, 1.54) is 4.90 Å². The zero-order valence-electron chi connectivity index (χ0n) is 10.2. The Morgan fingerprint density at radius 1 is 1.20 bits per heavy atom. The van der Waals surface area contributed by atoms with Crippen molar-refractivity contribution in [3.8, 4) is 0 Å². The van der Waals surface area contributed by atoms with Gasteiger partial charge in [0.1, 0.15) is 0 Å². The van der Waals surface area contributed by atoms with Crippen molar-refractivity contribution in [2.24, 2.45) is 11.3 Å². The molecule has 90 valence electrons. The van der Waals surface area contributed by atoms with Crippen LogP contribution in [-0.4, -0.2) is 47.3 Å². The van der Waals surface area contributed by atoms with E-state index in [2.05, 4.69) is 0 Å². The van der Waals surface area contributed by atoms with Crippen molar-refractivity contribution >= 4 is 5.91 Å². The van der Waals surface area contributed by atoms with Gasteiger partial charge >= 0.3 is 0 Å². The van der Waals surface area contributed by atoms with Gasteiger partial charge in [0.25, 0.3) is 0 Å². The SMILES string of the molecule is C[C@H](C(=O)N(CCO)CCO)C(C)(C)C. The smallest absolute Gasteiger partial charge is 0.226 e.